The molecule has 2 aliphatic heterocycles. The number of piperidine rings is 2. The number of aliphatic imine (C=N–C) groups is 1. The second kappa shape index (κ2) is 12.2. The van der Waals surface area contributed by atoms with Crippen molar-refractivity contribution in [2.45, 2.75) is 64.8 Å². The zero-order chi connectivity index (χ0) is 22.1. The SMILES string of the molecule is C=C(C)CN1CCC(NC(=NCc2ccc(CN3CCC(O)CC3)cc2)NCC)CC1. The highest BCUT2D eigenvalue weighted by molar-refractivity contribution is 5.80. The predicted molar refractivity (Wildman–Crippen MR) is 129 cm³/mol. The number of guanidine groups is 1. The van der Waals surface area contributed by atoms with Crippen LogP contribution < -0.4 is 10.6 Å². The van der Waals surface area contributed by atoms with E-state index in [4.69, 9.17) is 4.99 Å². The summed E-state index contributed by atoms with van der Waals surface area (Å²) in [6.45, 7) is 16.0. The first kappa shape index (κ1) is 23.8. The molecule has 0 atom stereocenters. The Bertz CT molecular complexity index is 701. The third kappa shape index (κ3) is 8.28. The third-order valence-corrected chi connectivity index (χ3v) is 6.17. The molecule has 0 bridgehead atoms. The average molecular weight is 428 g/mol. The molecule has 0 radical (unpaired) electrons. The lowest BCUT2D eigenvalue weighted by Gasteiger charge is -2.33. The molecule has 2 aliphatic rings. The van der Waals surface area contributed by atoms with Crippen molar-refractivity contribution < 1.29 is 5.11 Å². The van der Waals surface area contributed by atoms with Gasteiger partial charge in [0.05, 0.1) is 12.6 Å². The lowest BCUT2D eigenvalue weighted by atomic mass is 10.0. The van der Waals surface area contributed by atoms with Gasteiger partial charge in [-0.25, -0.2) is 4.99 Å². The van der Waals surface area contributed by atoms with Crippen LogP contribution >= 0.6 is 0 Å². The zero-order valence-electron chi connectivity index (χ0n) is 19.4. The van der Waals surface area contributed by atoms with E-state index in [0.29, 0.717) is 12.6 Å². The van der Waals surface area contributed by atoms with E-state index in [0.717, 1.165) is 77.5 Å². The Labute approximate surface area is 188 Å². The smallest absolute Gasteiger partial charge is 0.191 e. The standard InChI is InChI=1S/C25H41N5O/c1-4-26-25(28-23-9-13-29(14-10-23)18-20(2)3)27-17-21-5-7-22(8-6-21)19-30-15-11-24(31)12-16-30/h5-8,23-24,31H,2,4,9-19H2,1,3H3,(H2,26,27,28). The maximum absolute atomic E-state index is 9.66. The molecule has 3 rings (SSSR count). The van der Waals surface area contributed by atoms with Crippen LogP contribution in [0, 0.1) is 0 Å². The Kier molecular flexibility index (Phi) is 9.37. The normalized spacial score (nSPS) is 20.0. The molecule has 0 aliphatic carbocycles. The van der Waals surface area contributed by atoms with Crippen molar-refractivity contribution in [1.82, 2.24) is 20.4 Å². The van der Waals surface area contributed by atoms with Gasteiger partial charge < -0.3 is 15.7 Å². The lowest BCUT2D eigenvalue weighted by molar-refractivity contribution is 0.0792. The quantitative estimate of drug-likeness (QED) is 0.338. The van der Waals surface area contributed by atoms with E-state index in [1.165, 1.54) is 16.7 Å². The average Bonchev–Trinajstić information content (AvgIpc) is 2.76. The van der Waals surface area contributed by atoms with Crippen LogP contribution in [0.5, 0.6) is 0 Å². The Morgan fingerprint density at radius 3 is 2.26 bits per heavy atom. The van der Waals surface area contributed by atoms with Crippen LogP contribution in [0.25, 0.3) is 0 Å². The molecule has 0 amide bonds. The monoisotopic (exact) mass is 427 g/mol. The molecule has 3 N–H and O–H groups in total. The van der Waals surface area contributed by atoms with E-state index < -0.39 is 0 Å². The van der Waals surface area contributed by atoms with Crippen LogP contribution in [-0.4, -0.2) is 72.3 Å². The number of hydrogen-bond acceptors (Lipinski definition) is 4. The molecule has 0 unspecified atom stereocenters. The van der Waals surface area contributed by atoms with Gasteiger partial charge in [0.15, 0.2) is 5.96 Å². The van der Waals surface area contributed by atoms with Gasteiger partial charge in [0.2, 0.25) is 0 Å². The summed E-state index contributed by atoms with van der Waals surface area (Å²) in [5, 5.41) is 16.7. The van der Waals surface area contributed by atoms with Crippen molar-refractivity contribution in [3.63, 3.8) is 0 Å². The van der Waals surface area contributed by atoms with E-state index in [1.807, 2.05) is 0 Å². The van der Waals surface area contributed by atoms with Crippen LogP contribution in [0.15, 0.2) is 41.4 Å². The van der Waals surface area contributed by atoms with Gasteiger partial charge in [0.25, 0.3) is 0 Å². The van der Waals surface area contributed by atoms with Gasteiger partial charge in [0, 0.05) is 51.9 Å². The summed E-state index contributed by atoms with van der Waals surface area (Å²) in [5.41, 5.74) is 3.80. The summed E-state index contributed by atoms with van der Waals surface area (Å²) in [6, 6.07) is 9.29. The van der Waals surface area contributed by atoms with Gasteiger partial charge in [-0.1, -0.05) is 36.4 Å². The molecule has 0 spiro atoms. The molecule has 6 heteroatoms. The lowest BCUT2D eigenvalue weighted by Crippen LogP contribution is -2.48. The second-order valence-electron chi connectivity index (χ2n) is 9.17. The van der Waals surface area contributed by atoms with Gasteiger partial charge in [-0.15, -0.1) is 0 Å². The zero-order valence-corrected chi connectivity index (χ0v) is 19.4. The number of aliphatic hydroxyl groups excluding tert-OH is 1. The second-order valence-corrected chi connectivity index (χ2v) is 9.17. The van der Waals surface area contributed by atoms with E-state index in [2.05, 4.69) is 65.1 Å². The molecule has 2 heterocycles. The number of aliphatic hydroxyl groups is 1. The van der Waals surface area contributed by atoms with E-state index in [9.17, 15) is 5.11 Å². The third-order valence-electron chi connectivity index (χ3n) is 6.17. The molecule has 0 aromatic heterocycles. The van der Waals surface area contributed by atoms with Crippen LogP contribution in [0.4, 0.5) is 0 Å². The fourth-order valence-electron chi connectivity index (χ4n) is 4.39. The van der Waals surface area contributed by atoms with E-state index in [1.54, 1.807) is 0 Å². The van der Waals surface area contributed by atoms with Crippen molar-refractivity contribution in [2.24, 2.45) is 4.99 Å². The van der Waals surface area contributed by atoms with Gasteiger partial charge in [-0.05, 0) is 50.7 Å². The Hall–Kier alpha value is -1.89. The van der Waals surface area contributed by atoms with Crippen molar-refractivity contribution in [3.05, 3.63) is 47.5 Å². The first-order chi connectivity index (χ1) is 15.0. The minimum absolute atomic E-state index is 0.111. The molecule has 2 fully saturated rings. The fourth-order valence-corrected chi connectivity index (χ4v) is 4.39. The number of nitrogens with zero attached hydrogens (tertiary/aromatic N) is 3. The molecule has 0 saturated carbocycles. The molecule has 1 aromatic carbocycles. The summed E-state index contributed by atoms with van der Waals surface area (Å²) in [4.78, 5) is 9.74. The van der Waals surface area contributed by atoms with Crippen molar-refractivity contribution in [3.8, 4) is 0 Å². The molecule has 2 saturated heterocycles. The van der Waals surface area contributed by atoms with Crippen molar-refractivity contribution in [2.75, 3.05) is 39.3 Å². The van der Waals surface area contributed by atoms with Crippen LogP contribution in [0.2, 0.25) is 0 Å². The minimum atomic E-state index is -0.111. The fraction of sp³-hybridized carbons (Fsp3) is 0.640. The maximum Gasteiger partial charge on any atom is 0.191 e. The summed E-state index contributed by atoms with van der Waals surface area (Å²) in [6.07, 6.45) is 3.94. The Morgan fingerprint density at radius 2 is 1.65 bits per heavy atom. The highest BCUT2D eigenvalue weighted by atomic mass is 16.3. The summed E-state index contributed by atoms with van der Waals surface area (Å²) >= 11 is 0. The van der Waals surface area contributed by atoms with E-state index in [-0.39, 0.29) is 6.10 Å². The van der Waals surface area contributed by atoms with Gasteiger partial charge in [-0.3, -0.25) is 9.80 Å². The van der Waals surface area contributed by atoms with Gasteiger partial charge in [-0.2, -0.15) is 0 Å². The number of benzene rings is 1. The Balaban J connectivity index is 1.47. The highest BCUT2D eigenvalue weighted by Gasteiger charge is 2.20. The first-order valence-corrected chi connectivity index (χ1v) is 11.9. The summed E-state index contributed by atoms with van der Waals surface area (Å²) < 4.78 is 0. The number of likely N-dealkylation sites (tertiary alicyclic amines) is 2. The van der Waals surface area contributed by atoms with Crippen LogP contribution in [-0.2, 0) is 13.1 Å². The molecular weight excluding hydrogens is 386 g/mol. The molecule has 6 nitrogen and oxygen atoms in total. The Morgan fingerprint density at radius 1 is 1.03 bits per heavy atom. The summed E-state index contributed by atoms with van der Waals surface area (Å²) in [7, 11) is 0. The largest absolute Gasteiger partial charge is 0.393 e. The highest BCUT2D eigenvalue weighted by Crippen LogP contribution is 2.15. The van der Waals surface area contributed by atoms with E-state index >= 15 is 0 Å². The number of nitrogens with one attached hydrogen (secondary N) is 2. The molecule has 31 heavy (non-hydrogen) atoms. The number of rotatable bonds is 8. The van der Waals surface area contributed by atoms with Crippen LogP contribution in [0.3, 0.4) is 0 Å². The minimum Gasteiger partial charge on any atom is -0.393 e. The predicted octanol–water partition coefficient (Wildman–Crippen LogP) is 2.74. The molecule has 172 valence electrons. The van der Waals surface area contributed by atoms with Crippen LogP contribution in [0.1, 0.15) is 50.7 Å². The van der Waals surface area contributed by atoms with Crippen molar-refractivity contribution >= 4 is 5.96 Å². The first-order valence-electron chi connectivity index (χ1n) is 11.9. The molecular formula is C25H41N5O. The maximum atomic E-state index is 9.66. The number of hydrogen-bond donors (Lipinski definition) is 3. The van der Waals surface area contributed by atoms with Crippen molar-refractivity contribution in [1.29, 1.82) is 0 Å². The summed E-state index contributed by atoms with van der Waals surface area (Å²) in [5.74, 6) is 0.914. The topological polar surface area (TPSA) is 63.1 Å². The van der Waals surface area contributed by atoms with Gasteiger partial charge >= 0.3 is 0 Å². The van der Waals surface area contributed by atoms with Gasteiger partial charge in [0.1, 0.15) is 0 Å². The molecule has 1 aromatic rings.